The fourth-order valence-corrected chi connectivity index (χ4v) is 2.64. The lowest BCUT2D eigenvalue weighted by Gasteiger charge is -2.16. The fraction of sp³-hybridized carbons (Fsp3) is 0.636. The van der Waals surface area contributed by atoms with Crippen molar-refractivity contribution in [1.29, 1.82) is 0 Å². The molecule has 1 N–H and O–H groups in total. The van der Waals surface area contributed by atoms with E-state index in [0.717, 1.165) is 18.2 Å². The van der Waals surface area contributed by atoms with Crippen LogP contribution in [0.4, 0.5) is 5.69 Å². The molecular weight excluding hydrogens is 245 g/mol. The summed E-state index contributed by atoms with van der Waals surface area (Å²) in [6.07, 6.45) is 5.47. The van der Waals surface area contributed by atoms with Gasteiger partial charge in [-0.25, -0.2) is 0 Å². The lowest BCUT2D eigenvalue weighted by molar-refractivity contribution is 0.467. The van der Waals surface area contributed by atoms with Crippen molar-refractivity contribution in [2.45, 2.75) is 25.7 Å². The van der Waals surface area contributed by atoms with Crippen LogP contribution in [0, 0.1) is 11.3 Å². The van der Waals surface area contributed by atoms with Gasteiger partial charge in [0.25, 0.3) is 0 Å². The number of hydrogen-bond donors (Lipinski definition) is 1. The monoisotopic (exact) mass is 257 g/mol. The van der Waals surface area contributed by atoms with Crippen LogP contribution in [0.1, 0.15) is 25.7 Å². The summed E-state index contributed by atoms with van der Waals surface area (Å²) in [4.78, 5) is 0. The summed E-state index contributed by atoms with van der Waals surface area (Å²) in [6, 6.07) is 1.74. The van der Waals surface area contributed by atoms with Crippen molar-refractivity contribution in [3.63, 3.8) is 0 Å². The standard InChI is InChI=1S/C11H13Cl2N3/c12-9-5-8(10(13)16-15-9)14-6-11(3-4-11)7-1-2-7/h5,7H,1-4,6H2,(H,14,15). The fourth-order valence-electron chi connectivity index (χ4n) is 2.33. The van der Waals surface area contributed by atoms with Crippen LogP contribution in [0.25, 0.3) is 0 Å². The van der Waals surface area contributed by atoms with Gasteiger partial charge in [0, 0.05) is 12.6 Å². The third kappa shape index (κ3) is 1.98. The SMILES string of the molecule is Clc1cc(NCC2(C3CC3)CC2)c(Cl)nn1. The van der Waals surface area contributed by atoms with Crippen molar-refractivity contribution in [3.8, 4) is 0 Å². The average Bonchev–Trinajstić information content (AvgIpc) is 3.13. The highest BCUT2D eigenvalue weighted by atomic mass is 35.5. The van der Waals surface area contributed by atoms with Crippen LogP contribution in [0.5, 0.6) is 0 Å². The summed E-state index contributed by atoms with van der Waals surface area (Å²) in [6.45, 7) is 0.986. The molecule has 0 unspecified atom stereocenters. The Bertz CT molecular complexity index is 414. The summed E-state index contributed by atoms with van der Waals surface area (Å²) in [5.41, 5.74) is 1.34. The first-order chi connectivity index (χ1) is 7.70. The Morgan fingerprint density at radius 2 is 2.06 bits per heavy atom. The van der Waals surface area contributed by atoms with Gasteiger partial charge in [0.2, 0.25) is 0 Å². The van der Waals surface area contributed by atoms with Crippen LogP contribution in [0.3, 0.4) is 0 Å². The number of rotatable bonds is 4. The minimum atomic E-state index is 0.378. The topological polar surface area (TPSA) is 37.8 Å². The van der Waals surface area contributed by atoms with Crippen LogP contribution in [0.2, 0.25) is 10.3 Å². The molecule has 0 atom stereocenters. The Morgan fingerprint density at radius 3 is 2.69 bits per heavy atom. The van der Waals surface area contributed by atoms with E-state index in [1.165, 1.54) is 25.7 Å². The van der Waals surface area contributed by atoms with E-state index in [9.17, 15) is 0 Å². The van der Waals surface area contributed by atoms with E-state index in [1.54, 1.807) is 6.07 Å². The molecule has 3 nitrogen and oxygen atoms in total. The van der Waals surface area contributed by atoms with E-state index in [-0.39, 0.29) is 0 Å². The van der Waals surface area contributed by atoms with Crippen molar-refractivity contribution < 1.29 is 0 Å². The van der Waals surface area contributed by atoms with Crippen LogP contribution in [0.15, 0.2) is 6.07 Å². The van der Waals surface area contributed by atoms with Gasteiger partial charge in [-0.2, -0.15) is 0 Å². The second-order valence-corrected chi connectivity index (χ2v) is 5.61. The number of hydrogen-bond acceptors (Lipinski definition) is 3. The molecule has 0 aliphatic heterocycles. The Balaban J connectivity index is 1.67. The van der Waals surface area contributed by atoms with Gasteiger partial charge in [-0.05, 0) is 37.0 Å². The number of halogens is 2. The van der Waals surface area contributed by atoms with E-state index >= 15 is 0 Å². The highest BCUT2D eigenvalue weighted by Gasteiger charge is 2.53. The van der Waals surface area contributed by atoms with Gasteiger partial charge in [0.15, 0.2) is 10.3 Å². The zero-order valence-electron chi connectivity index (χ0n) is 8.84. The van der Waals surface area contributed by atoms with E-state index < -0.39 is 0 Å². The lowest BCUT2D eigenvalue weighted by Crippen LogP contribution is -2.17. The summed E-state index contributed by atoms with van der Waals surface area (Å²) in [7, 11) is 0. The smallest absolute Gasteiger partial charge is 0.174 e. The molecule has 2 saturated carbocycles. The first-order valence-electron chi connectivity index (χ1n) is 5.62. The molecule has 2 aliphatic rings. The average molecular weight is 258 g/mol. The second-order valence-electron chi connectivity index (χ2n) is 4.86. The minimum Gasteiger partial charge on any atom is -0.382 e. The molecular formula is C11H13Cl2N3. The molecule has 3 rings (SSSR count). The zero-order chi connectivity index (χ0) is 11.2. The van der Waals surface area contributed by atoms with E-state index in [0.29, 0.717) is 15.7 Å². The third-order valence-corrected chi connectivity index (χ3v) is 4.15. The number of aromatic nitrogens is 2. The summed E-state index contributed by atoms with van der Waals surface area (Å²) >= 11 is 11.7. The molecule has 0 radical (unpaired) electrons. The van der Waals surface area contributed by atoms with Crippen molar-refractivity contribution in [3.05, 3.63) is 16.4 Å². The van der Waals surface area contributed by atoms with Crippen molar-refractivity contribution in [1.82, 2.24) is 10.2 Å². The number of nitrogens with zero attached hydrogens (tertiary/aromatic N) is 2. The molecule has 1 aromatic rings. The Morgan fingerprint density at radius 1 is 1.31 bits per heavy atom. The largest absolute Gasteiger partial charge is 0.382 e. The minimum absolute atomic E-state index is 0.378. The van der Waals surface area contributed by atoms with E-state index in [4.69, 9.17) is 23.2 Å². The molecule has 16 heavy (non-hydrogen) atoms. The van der Waals surface area contributed by atoms with Crippen LogP contribution >= 0.6 is 23.2 Å². The van der Waals surface area contributed by atoms with E-state index in [2.05, 4.69) is 15.5 Å². The van der Waals surface area contributed by atoms with Crippen molar-refractivity contribution >= 4 is 28.9 Å². The number of anilines is 1. The molecule has 2 fully saturated rings. The van der Waals surface area contributed by atoms with Gasteiger partial charge in [-0.3, -0.25) is 0 Å². The van der Waals surface area contributed by atoms with Gasteiger partial charge in [-0.1, -0.05) is 23.2 Å². The van der Waals surface area contributed by atoms with Crippen molar-refractivity contribution in [2.24, 2.45) is 11.3 Å². The molecule has 0 saturated heterocycles. The molecule has 0 bridgehead atoms. The van der Waals surface area contributed by atoms with Crippen LogP contribution in [-0.2, 0) is 0 Å². The molecule has 5 heteroatoms. The third-order valence-electron chi connectivity index (χ3n) is 3.69. The molecule has 0 amide bonds. The van der Waals surface area contributed by atoms with Gasteiger partial charge < -0.3 is 5.32 Å². The molecule has 1 heterocycles. The maximum atomic E-state index is 5.95. The van der Waals surface area contributed by atoms with Gasteiger partial charge >= 0.3 is 0 Å². The molecule has 0 aromatic carbocycles. The highest BCUT2D eigenvalue weighted by Crippen LogP contribution is 2.61. The predicted molar refractivity (Wildman–Crippen MR) is 64.9 cm³/mol. The Labute approximate surface area is 105 Å². The Kier molecular flexibility index (Phi) is 2.48. The Hall–Kier alpha value is -0.540. The first kappa shape index (κ1) is 10.6. The maximum absolute atomic E-state index is 5.95. The first-order valence-corrected chi connectivity index (χ1v) is 6.38. The lowest BCUT2D eigenvalue weighted by atomic mass is 10.0. The van der Waals surface area contributed by atoms with Gasteiger partial charge in [0.05, 0.1) is 5.69 Å². The summed E-state index contributed by atoms with van der Waals surface area (Å²) in [5, 5.41) is 11.6. The molecule has 86 valence electrons. The predicted octanol–water partition coefficient (Wildman–Crippen LogP) is 3.39. The van der Waals surface area contributed by atoms with E-state index in [1.807, 2.05) is 0 Å². The second kappa shape index (κ2) is 3.74. The van der Waals surface area contributed by atoms with Gasteiger partial charge in [0.1, 0.15) is 0 Å². The normalized spacial score (nSPS) is 21.9. The van der Waals surface area contributed by atoms with Crippen LogP contribution < -0.4 is 5.32 Å². The quantitative estimate of drug-likeness (QED) is 0.899. The maximum Gasteiger partial charge on any atom is 0.174 e. The summed E-state index contributed by atoms with van der Waals surface area (Å²) < 4.78 is 0. The number of nitrogens with one attached hydrogen (secondary N) is 1. The summed E-state index contributed by atoms with van der Waals surface area (Å²) in [5.74, 6) is 0.934. The zero-order valence-corrected chi connectivity index (χ0v) is 10.4. The van der Waals surface area contributed by atoms with Crippen LogP contribution in [-0.4, -0.2) is 16.7 Å². The van der Waals surface area contributed by atoms with Gasteiger partial charge in [-0.15, -0.1) is 10.2 Å². The molecule has 1 aromatic heterocycles. The molecule has 0 spiro atoms. The highest BCUT2D eigenvalue weighted by molar-refractivity contribution is 6.33. The molecule has 2 aliphatic carbocycles. The van der Waals surface area contributed by atoms with Crippen molar-refractivity contribution in [2.75, 3.05) is 11.9 Å².